The number of benzene rings is 1. The molecule has 2 bridgehead atoms. The third-order valence-corrected chi connectivity index (χ3v) is 3.60. The van der Waals surface area contributed by atoms with Crippen molar-refractivity contribution in [3.05, 3.63) is 39.9 Å². The van der Waals surface area contributed by atoms with Crippen molar-refractivity contribution in [2.45, 2.75) is 24.5 Å². The molecule has 2 atom stereocenters. The molecule has 0 radical (unpaired) electrons. The highest BCUT2D eigenvalue weighted by Crippen LogP contribution is 2.34. The van der Waals surface area contributed by atoms with Crippen molar-refractivity contribution in [3.63, 3.8) is 0 Å². The minimum absolute atomic E-state index is 0.0825. The predicted octanol–water partition coefficient (Wildman–Crippen LogP) is 1.27. The van der Waals surface area contributed by atoms with Crippen LogP contribution in [0.25, 0.3) is 0 Å². The molecule has 0 unspecified atom stereocenters. The number of hydrogen-bond donors (Lipinski definition) is 1. The van der Waals surface area contributed by atoms with Gasteiger partial charge in [0.25, 0.3) is 5.69 Å². The number of ether oxygens (including phenoxy) is 1. The Morgan fingerprint density at radius 1 is 1.47 bits per heavy atom. The van der Waals surface area contributed by atoms with E-state index in [9.17, 15) is 10.1 Å². The molecule has 2 saturated heterocycles. The normalized spacial score (nSPS) is 30.7. The van der Waals surface area contributed by atoms with Gasteiger partial charge in [-0.05, 0) is 12.0 Å². The molecule has 0 aromatic heterocycles. The number of nitrogens with zero attached hydrogens (tertiary/aromatic N) is 1. The van der Waals surface area contributed by atoms with Crippen LogP contribution in [-0.2, 0) is 11.2 Å². The Bertz CT molecular complexity index is 436. The van der Waals surface area contributed by atoms with E-state index in [0.717, 1.165) is 31.6 Å². The van der Waals surface area contributed by atoms with Crippen LogP contribution in [0.1, 0.15) is 12.0 Å². The quantitative estimate of drug-likeness (QED) is 0.632. The van der Waals surface area contributed by atoms with E-state index in [2.05, 4.69) is 5.32 Å². The van der Waals surface area contributed by atoms with Gasteiger partial charge < -0.3 is 10.1 Å². The molecule has 90 valence electrons. The van der Waals surface area contributed by atoms with Crippen molar-refractivity contribution in [1.29, 1.82) is 0 Å². The summed E-state index contributed by atoms with van der Waals surface area (Å²) in [6.07, 6.45) is 1.87. The van der Waals surface area contributed by atoms with Gasteiger partial charge in [0.05, 0.1) is 17.1 Å². The molecule has 1 N–H and O–H groups in total. The van der Waals surface area contributed by atoms with Crippen molar-refractivity contribution in [1.82, 2.24) is 5.32 Å². The Balaban J connectivity index is 1.75. The fourth-order valence-electron chi connectivity index (χ4n) is 2.72. The molecule has 1 aromatic carbocycles. The van der Waals surface area contributed by atoms with Gasteiger partial charge in [0.15, 0.2) is 0 Å². The first-order valence-corrected chi connectivity index (χ1v) is 5.78. The molecule has 5 heteroatoms. The van der Waals surface area contributed by atoms with Crippen LogP contribution in [0.4, 0.5) is 5.69 Å². The van der Waals surface area contributed by atoms with Crippen molar-refractivity contribution in [2.75, 3.05) is 13.2 Å². The second-order valence-corrected chi connectivity index (χ2v) is 4.88. The van der Waals surface area contributed by atoms with Gasteiger partial charge in [-0.15, -0.1) is 0 Å². The molecule has 2 aliphatic rings. The monoisotopic (exact) mass is 234 g/mol. The predicted molar refractivity (Wildman–Crippen MR) is 61.9 cm³/mol. The first kappa shape index (κ1) is 10.7. The number of nitro groups is 1. The minimum Gasteiger partial charge on any atom is -0.372 e. The number of non-ortho nitro benzene ring substituents is 1. The lowest BCUT2D eigenvalue weighted by Crippen LogP contribution is -2.40. The first-order valence-electron chi connectivity index (χ1n) is 5.78. The summed E-state index contributed by atoms with van der Waals surface area (Å²) in [5, 5.41) is 14.0. The van der Waals surface area contributed by atoms with Gasteiger partial charge in [0.2, 0.25) is 0 Å². The smallest absolute Gasteiger partial charge is 0.269 e. The summed E-state index contributed by atoms with van der Waals surface area (Å²) in [5.74, 6) is 0. The van der Waals surface area contributed by atoms with Crippen LogP contribution in [0.2, 0.25) is 0 Å². The zero-order valence-corrected chi connectivity index (χ0v) is 9.39. The summed E-state index contributed by atoms with van der Waals surface area (Å²) in [7, 11) is 0. The van der Waals surface area contributed by atoms with Crippen molar-refractivity contribution < 1.29 is 9.66 Å². The van der Waals surface area contributed by atoms with E-state index in [0.29, 0.717) is 6.04 Å². The summed E-state index contributed by atoms with van der Waals surface area (Å²) >= 11 is 0. The summed E-state index contributed by atoms with van der Waals surface area (Å²) in [6, 6.07) is 7.25. The second-order valence-electron chi connectivity index (χ2n) is 4.88. The Morgan fingerprint density at radius 3 is 2.71 bits per heavy atom. The topological polar surface area (TPSA) is 64.4 Å². The lowest BCUT2D eigenvalue weighted by molar-refractivity contribution is -0.384. The highest BCUT2D eigenvalue weighted by molar-refractivity contribution is 5.33. The molecule has 1 aromatic rings. The first-order chi connectivity index (χ1) is 8.17. The molecular formula is C12H14N2O3. The number of nitrogens with one attached hydrogen (secondary N) is 1. The van der Waals surface area contributed by atoms with Gasteiger partial charge in [-0.1, -0.05) is 12.1 Å². The average Bonchev–Trinajstić information content (AvgIpc) is 2.89. The van der Waals surface area contributed by atoms with Gasteiger partial charge >= 0.3 is 0 Å². The Labute approximate surface area is 98.9 Å². The molecule has 2 aliphatic heterocycles. The van der Waals surface area contributed by atoms with Gasteiger partial charge in [0.1, 0.15) is 0 Å². The van der Waals surface area contributed by atoms with E-state index in [1.807, 2.05) is 12.1 Å². The zero-order chi connectivity index (χ0) is 11.9. The van der Waals surface area contributed by atoms with Crippen LogP contribution in [0, 0.1) is 10.1 Å². The maximum absolute atomic E-state index is 10.6. The molecular weight excluding hydrogens is 220 g/mol. The minimum atomic E-state index is -0.374. The Hall–Kier alpha value is -1.46. The van der Waals surface area contributed by atoms with Crippen LogP contribution in [0.5, 0.6) is 0 Å². The van der Waals surface area contributed by atoms with Gasteiger partial charge in [0, 0.05) is 31.1 Å². The third-order valence-electron chi connectivity index (χ3n) is 3.60. The Morgan fingerprint density at radius 2 is 2.24 bits per heavy atom. The molecule has 17 heavy (non-hydrogen) atoms. The fraction of sp³-hybridized carbons (Fsp3) is 0.500. The molecule has 2 heterocycles. The number of hydrogen-bond acceptors (Lipinski definition) is 4. The standard InChI is InChI=1S/C12H14N2O3/c15-14(16)11-3-1-9(2-4-11)5-12-6-10(7-17-12)13-8-12/h1-4,10,13H,5-8H2/t10-,12-/m0/s1. The summed E-state index contributed by atoms with van der Waals surface area (Å²) in [4.78, 5) is 10.2. The third kappa shape index (κ3) is 1.92. The van der Waals surface area contributed by atoms with Crippen LogP contribution in [0.3, 0.4) is 0 Å². The van der Waals surface area contributed by atoms with Gasteiger partial charge in [-0.3, -0.25) is 10.1 Å². The lowest BCUT2D eigenvalue weighted by atomic mass is 9.93. The zero-order valence-electron chi connectivity index (χ0n) is 9.39. The summed E-state index contributed by atoms with van der Waals surface area (Å²) in [5.41, 5.74) is 1.15. The van der Waals surface area contributed by atoms with Crippen molar-refractivity contribution >= 4 is 5.69 Å². The summed E-state index contributed by atoms with van der Waals surface area (Å²) in [6.45, 7) is 1.67. The Kier molecular flexibility index (Phi) is 2.38. The van der Waals surface area contributed by atoms with E-state index < -0.39 is 0 Å². The fourth-order valence-corrected chi connectivity index (χ4v) is 2.72. The highest BCUT2D eigenvalue weighted by atomic mass is 16.6. The van der Waals surface area contributed by atoms with Gasteiger partial charge in [-0.25, -0.2) is 0 Å². The number of rotatable bonds is 3. The number of nitro benzene ring substituents is 1. The van der Waals surface area contributed by atoms with E-state index in [-0.39, 0.29) is 16.2 Å². The molecule has 0 spiro atoms. The van der Waals surface area contributed by atoms with Crippen LogP contribution in [-0.4, -0.2) is 29.7 Å². The molecule has 2 fully saturated rings. The van der Waals surface area contributed by atoms with Crippen LogP contribution >= 0.6 is 0 Å². The molecule has 5 nitrogen and oxygen atoms in total. The van der Waals surface area contributed by atoms with E-state index in [1.165, 1.54) is 0 Å². The summed E-state index contributed by atoms with van der Waals surface area (Å²) < 4.78 is 5.82. The van der Waals surface area contributed by atoms with E-state index in [1.54, 1.807) is 12.1 Å². The average molecular weight is 234 g/mol. The van der Waals surface area contributed by atoms with Crippen LogP contribution < -0.4 is 5.32 Å². The molecule has 0 saturated carbocycles. The molecule has 3 rings (SSSR count). The lowest BCUT2D eigenvalue weighted by Gasteiger charge is -2.26. The van der Waals surface area contributed by atoms with Gasteiger partial charge in [-0.2, -0.15) is 0 Å². The second kappa shape index (κ2) is 3.78. The largest absolute Gasteiger partial charge is 0.372 e. The molecule has 0 aliphatic carbocycles. The molecule has 0 amide bonds. The van der Waals surface area contributed by atoms with E-state index in [4.69, 9.17) is 4.74 Å². The van der Waals surface area contributed by atoms with E-state index >= 15 is 0 Å². The van der Waals surface area contributed by atoms with Crippen molar-refractivity contribution in [3.8, 4) is 0 Å². The number of morpholine rings is 1. The maximum Gasteiger partial charge on any atom is 0.269 e. The number of fused-ring (bicyclic) bond motifs is 2. The van der Waals surface area contributed by atoms with Crippen LogP contribution in [0.15, 0.2) is 24.3 Å². The SMILES string of the molecule is O=[N+]([O-])c1ccc(C[C@]23CN[C@H](CO2)C3)cc1. The highest BCUT2D eigenvalue weighted by Gasteiger charge is 2.45. The van der Waals surface area contributed by atoms with Crippen molar-refractivity contribution in [2.24, 2.45) is 0 Å². The maximum atomic E-state index is 10.6.